The Bertz CT molecular complexity index is 1240. The van der Waals surface area contributed by atoms with E-state index >= 15 is 0 Å². The average Bonchev–Trinajstić information content (AvgIpc) is 3.43. The van der Waals surface area contributed by atoms with Gasteiger partial charge in [0.2, 0.25) is 0 Å². The van der Waals surface area contributed by atoms with Gasteiger partial charge in [-0.3, -0.25) is 14.4 Å². The molecule has 1 saturated heterocycles. The van der Waals surface area contributed by atoms with Gasteiger partial charge in [0.1, 0.15) is 0 Å². The Morgan fingerprint density at radius 2 is 1.88 bits per heavy atom. The topological polar surface area (TPSA) is 70.6 Å². The molecule has 0 N–H and O–H groups in total. The van der Waals surface area contributed by atoms with Crippen molar-refractivity contribution in [1.29, 1.82) is 0 Å². The van der Waals surface area contributed by atoms with Gasteiger partial charge < -0.3 is 4.90 Å². The Kier molecular flexibility index (Phi) is 5.13. The Hall–Kier alpha value is -3.32. The quantitative estimate of drug-likeness (QED) is 0.554. The minimum Gasteiger partial charge on any atom is -0.338 e. The molecule has 7 heteroatoms. The zero-order valence-electron chi connectivity index (χ0n) is 18.0. The largest absolute Gasteiger partial charge is 0.338 e. The van der Waals surface area contributed by atoms with Crippen LogP contribution >= 0.6 is 11.3 Å². The van der Waals surface area contributed by atoms with Crippen molar-refractivity contribution in [3.8, 4) is 0 Å². The summed E-state index contributed by atoms with van der Waals surface area (Å²) in [6.07, 6.45) is 3.73. The van der Waals surface area contributed by atoms with Crippen molar-refractivity contribution >= 4 is 34.7 Å². The first-order valence-corrected chi connectivity index (χ1v) is 11.6. The predicted octanol–water partition coefficient (Wildman–Crippen LogP) is 4.58. The number of rotatable bonds is 3. The van der Waals surface area contributed by atoms with E-state index in [1.807, 2.05) is 42.3 Å². The number of carbonyl (C=O) groups is 3. The summed E-state index contributed by atoms with van der Waals surface area (Å²) in [5, 5.41) is 3.02. The maximum atomic E-state index is 13.3. The van der Waals surface area contributed by atoms with Crippen LogP contribution < -0.4 is 4.90 Å². The molecule has 32 heavy (non-hydrogen) atoms. The van der Waals surface area contributed by atoms with E-state index in [0.717, 1.165) is 29.0 Å². The predicted molar refractivity (Wildman–Crippen MR) is 123 cm³/mol. The first-order chi connectivity index (χ1) is 15.4. The van der Waals surface area contributed by atoms with E-state index in [2.05, 4.69) is 4.98 Å². The minimum atomic E-state index is -0.382. The molecule has 1 aromatic heterocycles. The van der Waals surface area contributed by atoms with Crippen LogP contribution in [0.25, 0.3) is 0 Å². The summed E-state index contributed by atoms with van der Waals surface area (Å²) in [4.78, 5) is 47.0. The van der Waals surface area contributed by atoms with Gasteiger partial charge in [-0.25, -0.2) is 9.88 Å². The van der Waals surface area contributed by atoms with Crippen molar-refractivity contribution in [2.75, 3.05) is 18.0 Å². The number of likely N-dealkylation sites (tertiary alicyclic amines) is 1. The molecule has 1 fully saturated rings. The van der Waals surface area contributed by atoms with Crippen molar-refractivity contribution in [3.05, 3.63) is 80.8 Å². The number of nitrogens with zero attached hydrogens (tertiary/aromatic N) is 3. The summed E-state index contributed by atoms with van der Waals surface area (Å²) in [5.74, 6) is -0.600. The molecule has 0 radical (unpaired) electrons. The van der Waals surface area contributed by atoms with Gasteiger partial charge in [0.25, 0.3) is 17.7 Å². The summed E-state index contributed by atoms with van der Waals surface area (Å²) in [7, 11) is 0. The lowest BCUT2D eigenvalue weighted by Gasteiger charge is -2.32. The molecule has 3 heterocycles. The molecule has 0 bridgehead atoms. The fourth-order valence-corrected chi connectivity index (χ4v) is 5.30. The molecule has 2 aliphatic rings. The highest BCUT2D eigenvalue weighted by Crippen LogP contribution is 2.33. The van der Waals surface area contributed by atoms with Gasteiger partial charge in [0, 0.05) is 36.1 Å². The summed E-state index contributed by atoms with van der Waals surface area (Å²) in [5.41, 5.74) is 3.47. The summed E-state index contributed by atoms with van der Waals surface area (Å²) in [6, 6.07) is 10.5. The zero-order valence-corrected chi connectivity index (χ0v) is 18.8. The number of hydrogen-bond donors (Lipinski definition) is 0. The third-order valence-electron chi connectivity index (χ3n) is 6.25. The van der Waals surface area contributed by atoms with Gasteiger partial charge in [0.15, 0.2) is 0 Å². The second-order valence-electron chi connectivity index (χ2n) is 8.46. The lowest BCUT2D eigenvalue weighted by Crippen LogP contribution is -2.39. The van der Waals surface area contributed by atoms with Crippen molar-refractivity contribution in [2.24, 2.45) is 0 Å². The van der Waals surface area contributed by atoms with Crippen LogP contribution in [0.3, 0.4) is 0 Å². The van der Waals surface area contributed by atoms with Crippen LogP contribution in [0.15, 0.2) is 48.0 Å². The maximum Gasteiger partial charge on any atom is 0.266 e. The number of aryl methyl sites for hydroxylation is 2. The number of amides is 3. The standard InChI is InChI=1S/C25H23N3O3S/c1-15-5-6-16(2)21(12-15)28-24(30)19-8-7-17(13-20(19)25(28)31)23(29)27-10-3-4-18(14-27)22-26-9-11-32-22/h5-9,11-13,18H,3-4,10,14H2,1-2H3. The van der Waals surface area contributed by atoms with Crippen LogP contribution in [0.4, 0.5) is 5.69 Å². The van der Waals surface area contributed by atoms with Crippen LogP contribution in [0.5, 0.6) is 0 Å². The van der Waals surface area contributed by atoms with Gasteiger partial charge >= 0.3 is 0 Å². The monoisotopic (exact) mass is 445 g/mol. The van der Waals surface area contributed by atoms with Crippen molar-refractivity contribution in [1.82, 2.24) is 9.88 Å². The van der Waals surface area contributed by atoms with E-state index in [1.54, 1.807) is 35.7 Å². The van der Waals surface area contributed by atoms with Crippen molar-refractivity contribution in [2.45, 2.75) is 32.6 Å². The molecule has 0 aliphatic carbocycles. The van der Waals surface area contributed by atoms with Gasteiger partial charge in [-0.1, -0.05) is 12.1 Å². The van der Waals surface area contributed by atoms with Crippen molar-refractivity contribution < 1.29 is 14.4 Å². The second-order valence-corrected chi connectivity index (χ2v) is 9.38. The van der Waals surface area contributed by atoms with Crippen LogP contribution in [0, 0.1) is 13.8 Å². The smallest absolute Gasteiger partial charge is 0.266 e. The molecule has 0 saturated carbocycles. The first-order valence-electron chi connectivity index (χ1n) is 10.7. The Morgan fingerprint density at radius 1 is 1.06 bits per heavy atom. The van der Waals surface area contributed by atoms with Crippen LogP contribution in [-0.2, 0) is 0 Å². The van der Waals surface area contributed by atoms with E-state index < -0.39 is 0 Å². The van der Waals surface area contributed by atoms with Crippen LogP contribution in [0.2, 0.25) is 0 Å². The number of fused-ring (bicyclic) bond motifs is 1. The number of imide groups is 1. The maximum absolute atomic E-state index is 13.3. The summed E-state index contributed by atoms with van der Waals surface area (Å²) in [6.45, 7) is 5.10. The first kappa shape index (κ1) is 20.6. The average molecular weight is 446 g/mol. The van der Waals surface area contributed by atoms with Gasteiger partial charge in [0.05, 0.1) is 21.8 Å². The van der Waals surface area contributed by atoms with Gasteiger partial charge in [-0.15, -0.1) is 11.3 Å². The number of hydrogen-bond acceptors (Lipinski definition) is 5. The van der Waals surface area contributed by atoms with Crippen LogP contribution in [-0.4, -0.2) is 40.7 Å². The van der Waals surface area contributed by atoms with E-state index in [9.17, 15) is 14.4 Å². The van der Waals surface area contributed by atoms with Crippen molar-refractivity contribution in [3.63, 3.8) is 0 Å². The lowest BCUT2D eigenvalue weighted by molar-refractivity contribution is 0.0706. The normalized spacial score (nSPS) is 18.2. The molecule has 1 unspecified atom stereocenters. The molecular weight excluding hydrogens is 422 g/mol. The number of thiazole rings is 1. The molecule has 2 aliphatic heterocycles. The summed E-state index contributed by atoms with van der Waals surface area (Å²) < 4.78 is 0. The third kappa shape index (κ3) is 3.42. The molecular formula is C25H23N3O3S. The second kappa shape index (κ2) is 7.98. The number of piperidine rings is 1. The highest BCUT2D eigenvalue weighted by Gasteiger charge is 2.38. The fraction of sp³-hybridized carbons (Fsp3) is 0.280. The number of aromatic nitrogens is 1. The molecule has 1 atom stereocenters. The lowest BCUT2D eigenvalue weighted by atomic mass is 9.97. The van der Waals surface area contributed by atoms with Gasteiger partial charge in [-0.05, 0) is 62.1 Å². The van der Waals surface area contributed by atoms with E-state index in [0.29, 0.717) is 29.9 Å². The number of benzene rings is 2. The highest BCUT2D eigenvalue weighted by molar-refractivity contribution is 7.09. The number of anilines is 1. The third-order valence-corrected chi connectivity index (χ3v) is 7.19. The van der Waals surface area contributed by atoms with Gasteiger partial charge in [-0.2, -0.15) is 0 Å². The molecule has 2 aromatic carbocycles. The number of carbonyl (C=O) groups excluding carboxylic acids is 3. The highest BCUT2D eigenvalue weighted by atomic mass is 32.1. The molecule has 0 spiro atoms. The van der Waals surface area contributed by atoms with E-state index in [-0.39, 0.29) is 29.2 Å². The zero-order chi connectivity index (χ0) is 22.4. The SMILES string of the molecule is Cc1ccc(C)c(N2C(=O)c3ccc(C(=O)N4CCCC(c5nccs5)C4)cc3C2=O)c1. The molecule has 162 valence electrons. The molecule has 3 aromatic rings. The van der Waals surface area contributed by atoms with E-state index in [1.165, 1.54) is 4.90 Å². The van der Waals surface area contributed by atoms with E-state index in [4.69, 9.17) is 0 Å². The molecule has 6 nitrogen and oxygen atoms in total. The Balaban J connectivity index is 1.42. The fourth-order valence-electron chi connectivity index (χ4n) is 4.53. The Morgan fingerprint density at radius 3 is 2.66 bits per heavy atom. The minimum absolute atomic E-state index is 0.112. The summed E-state index contributed by atoms with van der Waals surface area (Å²) >= 11 is 1.62. The molecule has 3 amide bonds. The molecule has 5 rings (SSSR count). The van der Waals surface area contributed by atoms with Crippen LogP contribution in [0.1, 0.15) is 66.0 Å². The Labute approximate surface area is 190 Å².